The Labute approximate surface area is 118 Å². The first-order chi connectivity index (χ1) is 9.05. The van der Waals surface area contributed by atoms with Gasteiger partial charge in [-0.25, -0.2) is 9.59 Å². The van der Waals surface area contributed by atoms with Crippen molar-refractivity contribution in [1.29, 1.82) is 0 Å². The molecule has 1 spiro atoms. The minimum Gasteiger partial charge on any atom is -0.479 e. The SMILES string of the molecule is CC(C)(C)OC(=O)N1CC2(CCC(O)(C(=O)O)CC2)C1. The van der Waals surface area contributed by atoms with Crippen LogP contribution in [0.5, 0.6) is 0 Å². The van der Waals surface area contributed by atoms with Crippen molar-refractivity contribution in [2.75, 3.05) is 13.1 Å². The molecule has 2 aliphatic rings. The number of nitrogens with zero attached hydrogens (tertiary/aromatic N) is 1. The van der Waals surface area contributed by atoms with Crippen molar-refractivity contribution in [1.82, 2.24) is 4.90 Å². The third-order valence-electron chi connectivity index (χ3n) is 4.24. The summed E-state index contributed by atoms with van der Waals surface area (Å²) in [4.78, 5) is 24.5. The molecular formula is C14H23NO5. The Morgan fingerprint density at radius 1 is 1.10 bits per heavy atom. The summed E-state index contributed by atoms with van der Waals surface area (Å²) >= 11 is 0. The van der Waals surface area contributed by atoms with Crippen molar-refractivity contribution in [3.8, 4) is 0 Å². The number of hydrogen-bond acceptors (Lipinski definition) is 4. The van der Waals surface area contributed by atoms with E-state index in [0.29, 0.717) is 25.9 Å². The van der Waals surface area contributed by atoms with Gasteiger partial charge in [-0.1, -0.05) is 0 Å². The molecule has 6 heteroatoms. The highest BCUT2D eigenvalue weighted by atomic mass is 16.6. The first-order valence-electron chi connectivity index (χ1n) is 6.99. The van der Waals surface area contributed by atoms with Crippen LogP contribution in [0.2, 0.25) is 0 Å². The average molecular weight is 285 g/mol. The molecule has 0 bridgehead atoms. The number of aliphatic carboxylic acids is 1. The van der Waals surface area contributed by atoms with Gasteiger partial charge in [0.1, 0.15) is 5.60 Å². The van der Waals surface area contributed by atoms with Gasteiger partial charge in [0.25, 0.3) is 0 Å². The predicted molar refractivity (Wildman–Crippen MR) is 71.3 cm³/mol. The van der Waals surface area contributed by atoms with E-state index in [9.17, 15) is 14.7 Å². The van der Waals surface area contributed by atoms with E-state index < -0.39 is 17.2 Å². The lowest BCUT2D eigenvalue weighted by Crippen LogP contribution is -2.62. The maximum Gasteiger partial charge on any atom is 0.410 e. The number of carboxylic acid groups (broad SMARTS) is 1. The lowest BCUT2D eigenvalue weighted by Gasteiger charge is -2.53. The third-order valence-corrected chi connectivity index (χ3v) is 4.24. The fraction of sp³-hybridized carbons (Fsp3) is 0.857. The number of rotatable bonds is 1. The predicted octanol–water partition coefficient (Wildman–Crippen LogP) is 1.61. The Morgan fingerprint density at radius 2 is 1.60 bits per heavy atom. The van der Waals surface area contributed by atoms with Crippen LogP contribution in [0.4, 0.5) is 4.79 Å². The summed E-state index contributed by atoms with van der Waals surface area (Å²) in [6.07, 6.45) is 1.46. The van der Waals surface area contributed by atoms with E-state index in [2.05, 4.69) is 0 Å². The van der Waals surface area contributed by atoms with Crippen LogP contribution in [-0.2, 0) is 9.53 Å². The van der Waals surface area contributed by atoms with E-state index in [1.54, 1.807) is 4.90 Å². The zero-order valence-corrected chi connectivity index (χ0v) is 12.3. The summed E-state index contributed by atoms with van der Waals surface area (Å²) in [6.45, 7) is 6.67. The second kappa shape index (κ2) is 4.62. The number of carbonyl (C=O) groups excluding carboxylic acids is 1. The van der Waals surface area contributed by atoms with E-state index in [0.717, 1.165) is 0 Å². The summed E-state index contributed by atoms with van der Waals surface area (Å²) in [7, 11) is 0. The molecule has 6 nitrogen and oxygen atoms in total. The van der Waals surface area contributed by atoms with Gasteiger partial charge in [-0.05, 0) is 46.5 Å². The van der Waals surface area contributed by atoms with Gasteiger partial charge in [0.2, 0.25) is 0 Å². The first-order valence-corrected chi connectivity index (χ1v) is 6.99. The van der Waals surface area contributed by atoms with E-state index in [4.69, 9.17) is 9.84 Å². The number of likely N-dealkylation sites (tertiary alicyclic amines) is 1. The van der Waals surface area contributed by atoms with E-state index in [1.165, 1.54) is 0 Å². The molecule has 114 valence electrons. The topological polar surface area (TPSA) is 87.1 Å². The van der Waals surface area contributed by atoms with Crippen molar-refractivity contribution in [2.45, 2.75) is 57.7 Å². The first kappa shape index (κ1) is 15.1. The molecule has 0 aromatic carbocycles. The zero-order valence-electron chi connectivity index (χ0n) is 12.3. The van der Waals surface area contributed by atoms with Crippen LogP contribution in [0.1, 0.15) is 46.5 Å². The Bertz CT molecular complexity index is 410. The van der Waals surface area contributed by atoms with Crippen molar-refractivity contribution in [3.05, 3.63) is 0 Å². The second-order valence-electron chi connectivity index (χ2n) is 7.17. The molecule has 2 fully saturated rings. The van der Waals surface area contributed by atoms with Crippen LogP contribution in [0, 0.1) is 5.41 Å². The normalized spacial score (nSPS) is 24.1. The molecule has 0 radical (unpaired) electrons. The summed E-state index contributed by atoms with van der Waals surface area (Å²) < 4.78 is 5.30. The van der Waals surface area contributed by atoms with Crippen LogP contribution in [0.15, 0.2) is 0 Å². The largest absolute Gasteiger partial charge is 0.479 e. The highest BCUT2D eigenvalue weighted by Crippen LogP contribution is 2.47. The van der Waals surface area contributed by atoms with Gasteiger partial charge in [0.15, 0.2) is 5.60 Å². The molecule has 1 aliphatic carbocycles. The summed E-state index contributed by atoms with van der Waals surface area (Å²) in [5.74, 6) is -1.14. The van der Waals surface area contributed by atoms with Crippen molar-refractivity contribution in [3.63, 3.8) is 0 Å². The molecular weight excluding hydrogens is 262 g/mol. The summed E-state index contributed by atoms with van der Waals surface area (Å²) in [5, 5.41) is 18.9. The average Bonchev–Trinajstić information content (AvgIpc) is 2.24. The molecule has 0 atom stereocenters. The smallest absolute Gasteiger partial charge is 0.410 e. The molecule has 0 aromatic heterocycles. The van der Waals surface area contributed by atoms with Gasteiger partial charge in [-0.3, -0.25) is 0 Å². The molecule has 1 saturated heterocycles. The quantitative estimate of drug-likeness (QED) is 0.764. The lowest BCUT2D eigenvalue weighted by atomic mass is 9.64. The van der Waals surface area contributed by atoms with Crippen molar-refractivity contribution < 1.29 is 24.5 Å². The van der Waals surface area contributed by atoms with E-state index >= 15 is 0 Å². The van der Waals surface area contributed by atoms with Gasteiger partial charge in [0, 0.05) is 18.5 Å². The van der Waals surface area contributed by atoms with E-state index in [1.807, 2.05) is 20.8 Å². The second-order valence-corrected chi connectivity index (χ2v) is 7.17. The van der Waals surface area contributed by atoms with Gasteiger partial charge in [-0.2, -0.15) is 0 Å². The molecule has 2 N–H and O–H groups in total. The fourth-order valence-corrected chi connectivity index (χ4v) is 2.94. The Morgan fingerprint density at radius 3 is 2.00 bits per heavy atom. The molecule has 0 unspecified atom stereocenters. The van der Waals surface area contributed by atoms with Gasteiger partial charge in [0.05, 0.1) is 0 Å². The van der Waals surface area contributed by atoms with Crippen LogP contribution in [-0.4, -0.2) is 51.5 Å². The summed E-state index contributed by atoms with van der Waals surface area (Å²) in [5.41, 5.74) is -2.12. The van der Waals surface area contributed by atoms with Gasteiger partial charge in [-0.15, -0.1) is 0 Å². The zero-order chi connectivity index (χ0) is 15.2. The Balaban J connectivity index is 1.85. The highest BCUT2D eigenvalue weighted by Gasteiger charge is 2.52. The molecule has 1 heterocycles. The molecule has 1 amide bonds. The number of ether oxygens (including phenoxy) is 1. The number of carbonyl (C=O) groups is 2. The van der Waals surface area contributed by atoms with Crippen molar-refractivity contribution >= 4 is 12.1 Å². The lowest BCUT2D eigenvalue weighted by molar-refractivity contribution is -0.168. The molecule has 1 saturated carbocycles. The van der Waals surface area contributed by atoms with Gasteiger partial charge >= 0.3 is 12.1 Å². The standard InChI is InChI=1S/C14H23NO5/c1-12(2,3)20-11(18)15-8-13(9-15)4-6-14(19,7-5-13)10(16)17/h19H,4-9H2,1-3H3,(H,16,17). The number of carboxylic acids is 1. The maximum absolute atomic E-state index is 11.9. The van der Waals surface area contributed by atoms with Crippen LogP contribution < -0.4 is 0 Å². The Hall–Kier alpha value is -1.30. The fourth-order valence-electron chi connectivity index (χ4n) is 2.94. The molecule has 0 aromatic rings. The molecule has 1 aliphatic heterocycles. The maximum atomic E-state index is 11.9. The number of aliphatic hydroxyl groups is 1. The summed E-state index contributed by atoms with van der Waals surface area (Å²) in [6, 6.07) is 0. The van der Waals surface area contributed by atoms with Crippen LogP contribution >= 0.6 is 0 Å². The molecule has 2 rings (SSSR count). The van der Waals surface area contributed by atoms with Crippen molar-refractivity contribution in [2.24, 2.45) is 5.41 Å². The van der Waals surface area contributed by atoms with E-state index in [-0.39, 0.29) is 24.3 Å². The number of hydrogen-bond donors (Lipinski definition) is 2. The Kier molecular flexibility index (Phi) is 3.48. The molecule has 20 heavy (non-hydrogen) atoms. The highest BCUT2D eigenvalue weighted by molar-refractivity contribution is 5.77. The minimum atomic E-state index is -1.59. The minimum absolute atomic E-state index is 0.0292. The number of amides is 1. The third kappa shape index (κ3) is 2.90. The van der Waals surface area contributed by atoms with Gasteiger partial charge < -0.3 is 19.8 Å². The monoisotopic (exact) mass is 285 g/mol. The van der Waals surface area contributed by atoms with Crippen LogP contribution in [0.3, 0.4) is 0 Å². The van der Waals surface area contributed by atoms with Crippen LogP contribution in [0.25, 0.3) is 0 Å².